The van der Waals surface area contributed by atoms with Crippen molar-refractivity contribution in [3.8, 4) is 5.75 Å². The fraction of sp³-hybridized carbons (Fsp3) is 0.586. The molecule has 1 heterocycles. The number of nitrogens with two attached hydrogens (primary N) is 1. The van der Waals surface area contributed by atoms with Crippen LogP contribution in [0.2, 0.25) is 0 Å². The zero-order chi connectivity index (χ0) is 28.8. The first-order valence-corrected chi connectivity index (χ1v) is 13.2. The summed E-state index contributed by atoms with van der Waals surface area (Å²) in [6, 6.07) is 2.52. The van der Waals surface area contributed by atoms with Gasteiger partial charge in [-0.05, 0) is 75.5 Å². The van der Waals surface area contributed by atoms with Crippen LogP contribution in [-0.2, 0) is 25.4 Å². The number of phenolic OH excluding ortho intramolecular Hbond substituents is 1. The molecule has 2 rings (SSSR count). The summed E-state index contributed by atoms with van der Waals surface area (Å²) in [6.07, 6.45) is 5.17. The van der Waals surface area contributed by atoms with Gasteiger partial charge in [-0.25, -0.2) is 9.18 Å². The molecule has 0 spiro atoms. The van der Waals surface area contributed by atoms with Gasteiger partial charge in [0.2, 0.25) is 0 Å². The Kier molecular flexibility index (Phi) is 14.7. The van der Waals surface area contributed by atoms with E-state index < -0.39 is 30.0 Å². The normalized spacial score (nSPS) is 26.5. The second kappa shape index (κ2) is 16.8. The number of benzene rings is 1. The molecule has 0 aromatic heterocycles. The second-order valence-electron chi connectivity index (χ2n) is 9.44. The van der Waals surface area contributed by atoms with Crippen LogP contribution in [0.3, 0.4) is 0 Å². The van der Waals surface area contributed by atoms with Crippen LogP contribution >= 0.6 is 0 Å². The minimum Gasteiger partial charge on any atom is -0.508 e. The quantitative estimate of drug-likeness (QED) is 0.321. The molecule has 9 heteroatoms. The maximum Gasteiger partial charge on any atom is 0.405 e. The molecule has 4 N–H and O–H groups in total. The Morgan fingerprint density at radius 2 is 1.76 bits per heavy atom. The predicted octanol–water partition coefficient (Wildman–Crippen LogP) is 6.03. The third kappa shape index (κ3) is 10.5. The van der Waals surface area contributed by atoms with Crippen LogP contribution in [0.5, 0.6) is 5.75 Å². The number of primary amides is 1. The lowest BCUT2D eigenvalue weighted by Crippen LogP contribution is -2.35. The van der Waals surface area contributed by atoms with E-state index in [-0.39, 0.29) is 23.5 Å². The van der Waals surface area contributed by atoms with Gasteiger partial charge in [-0.15, -0.1) is 0 Å². The number of carbonyl (C=O) groups is 2. The van der Waals surface area contributed by atoms with E-state index in [2.05, 4.69) is 5.32 Å². The molecule has 0 fully saturated rings. The molecule has 0 radical (unpaired) electrons. The summed E-state index contributed by atoms with van der Waals surface area (Å²) < 4.78 is 31.2. The average Bonchev–Trinajstić information content (AvgIpc) is 2.87. The van der Waals surface area contributed by atoms with Crippen molar-refractivity contribution in [1.82, 2.24) is 0 Å². The summed E-state index contributed by atoms with van der Waals surface area (Å²) in [6.45, 7) is 9.53. The maximum absolute atomic E-state index is 14.5. The Bertz CT molecular complexity index is 978. The number of ether oxygens (including phenoxy) is 3. The number of fused-ring (bicyclic) bond motifs is 2. The lowest BCUT2D eigenvalue weighted by atomic mass is 9.92. The number of hydrogen-bond donors (Lipinski definition) is 3. The van der Waals surface area contributed by atoms with Gasteiger partial charge < -0.3 is 30.4 Å². The summed E-state index contributed by atoms with van der Waals surface area (Å²) in [4.78, 5) is 24.3. The minimum absolute atomic E-state index is 0.0125. The van der Waals surface area contributed by atoms with Crippen LogP contribution in [0.25, 0.3) is 0 Å². The molecule has 1 aliphatic rings. The van der Waals surface area contributed by atoms with E-state index >= 15 is 0 Å². The number of anilines is 1. The molecule has 1 aromatic rings. The number of methoxy groups -OCH3 is 2. The van der Waals surface area contributed by atoms with Gasteiger partial charge in [-0.2, -0.15) is 0 Å². The van der Waals surface area contributed by atoms with E-state index in [0.29, 0.717) is 43.2 Å². The predicted molar refractivity (Wildman–Crippen MR) is 148 cm³/mol. The van der Waals surface area contributed by atoms with Gasteiger partial charge in [0.1, 0.15) is 11.6 Å². The lowest BCUT2D eigenvalue weighted by Gasteiger charge is -2.26. The highest BCUT2D eigenvalue weighted by Crippen LogP contribution is 2.30. The highest BCUT2D eigenvalue weighted by molar-refractivity contribution is 6.03. The standard InChI is InChI=1S/C27H39FN2O6.C2H6/c1-16-12-19-14-22(21(28)15-23(19)31)30-26(32)18(3)9-7-11-24(35-5)25(36-27(29)33)17(2)8-6-10-20(13-16)34-4;1-2/h8-9,14-16,20,24-25,31H,6-7,10-13H2,1-5H3,(H2,29,33)(H,30,32);1-2H3/b17-8+,18-9+;/t16-,20?,24?,25?;/m1./s1. The molecule has 2 bridgehead atoms. The summed E-state index contributed by atoms with van der Waals surface area (Å²) in [5, 5.41) is 12.9. The lowest BCUT2D eigenvalue weighted by molar-refractivity contribution is -0.112. The van der Waals surface area contributed by atoms with Crippen LogP contribution in [-0.4, -0.2) is 49.6 Å². The molecule has 214 valence electrons. The first kappa shape index (κ1) is 33.1. The number of amides is 2. The van der Waals surface area contributed by atoms with Crippen molar-refractivity contribution in [2.45, 2.75) is 91.5 Å². The van der Waals surface area contributed by atoms with E-state index in [0.717, 1.165) is 18.1 Å². The number of hydrogen-bond acceptors (Lipinski definition) is 6. The molecule has 4 atom stereocenters. The molecule has 2 amide bonds. The smallest absolute Gasteiger partial charge is 0.405 e. The zero-order valence-electron chi connectivity index (χ0n) is 23.8. The zero-order valence-corrected chi connectivity index (χ0v) is 23.8. The van der Waals surface area contributed by atoms with E-state index in [9.17, 15) is 19.1 Å². The van der Waals surface area contributed by atoms with Crippen molar-refractivity contribution in [1.29, 1.82) is 0 Å². The molecular weight excluding hydrogens is 491 g/mol. The number of allylic oxidation sites excluding steroid dienone is 2. The third-order valence-corrected chi connectivity index (χ3v) is 6.53. The van der Waals surface area contributed by atoms with Crippen LogP contribution < -0.4 is 11.1 Å². The molecule has 0 aliphatic carbocycles. The maximum atomic E-state index is 14.5. The third-order valence-electron chi connectivity index (χ3n) is 6.53. The number of aromatic hydroxyl groups is 1. The van der Waals surface area contributed by atoms with Crippen molar-refractivity contribution in [3.63, 3.8) is 0 Å². The van der Waals surface area contributed by atoms with Crippen molar-refractivity contribution in [2.24, 2.45) is 11.7 Å². The number of halogens is 1. The highest BCUT2D eigenvalue weighted by atomic mass is 19.1. The monoisotopic (exact) mass is 536 g/mol. The number of carbonyl (C=O) groups excluding carboxylic acids is 2. The Morgan fingerprint density at radius 1 is 1.11 bits per heavy atom. The first-order chi connectivity index (χ1) is 18.0. The van der Waals surface area contributed by atoms with E-state index in [1.807, 2.05) is 33.8 Å². The second-order valence-corrected chi connectivity index (χ2v) is 9.44. The van der Waals surface area contributed by atoms with Crippen molar-refractivity contribution < 1.29 is 33.3 Å². The average molecular weight is 537 g/mol. The molecule has 38 heavy (non-hydrogen) atoms. The van der Waals surface area contributed by atoms with Gasteiger partial charge >= 0.3 is 6.09 Å². The number of phenols is 1. The van der Waals surface area contributed by atoms with E-state index in [1.54, 1.807) is 20.1 Å². The Labute approximate surface area is 226 Å². The summed E-state index contributed by atoms with van der Waals surface area (Å²) in [5.41, 5.74) is 7.10. The summed E-state index contributed by atoms with van der Waals surface area (Å²) in [5.74, 6) is -1.19. The highest BCUT2D eigenvalue weighted by Gasteiger charge is 2.26. The first-order valence-electron chi connectivity index (χ1n) is 13.2. The Balaban J connectivity index is 0.00000352. The topological polar surface area (TPSA) is 120 Å². The van der Waals surface area contributed by atoms with Crippen molar-refractivity contribution >= 4 is 17.7 Å². The van der Waals surface area contributed by atoms with Gasteiger partial charge in [-0.3, -0.25) is 4.79 Å². The molecule has 0 saturated carbocycles. The van der Waals surface area contributed by atoms with Gasteiger partial charge in [0.15, 0.2) is 6.10 Å². The van der Waals surface area contributed by atoms with Crippen molar-refractivity contribution in [2.75, 3.05) is 19.5 Å². The van der Waals surface area contributed by atoms with Crippen LogP contribution in [0.1, 0.15) is 72.3 Å². The SMILES string of the molecule is CC.COC1CC/C=C(\C)C(OC(N)=O)C(OC)CC/C=C(\C)C(=O)Nc2cc(c(O)cc2F)C[C@@H](C)C1. The van der Waals surface area contributed by atoms with Gasteiger partial charge in [0.05, 0.1) is 17.9 Å². The molecular formula is C29H45FN2O6. The minimum atomic E-state index is -0.894. The van der Waals surface area contributed by atoms with Gasteiger partial charge in [0, 0.05) is 25.9 Å². The van der Waals surface area contributed by atoms with Gasteiger partial charge in [-0.1, -0.05) is 32.9 Å². The fourth-order valence-electron chi connectivity index (χ4n) is 4.48. The van der Waals surface area contributed by atoms with Crippen molar-refractivity contribution in [3.05, 3.63) is 46.8 Å². The summed E-state index contributed by atoms with van der Waals surface area (Å²) in [7, 11) is 3.18. The molecule has 1 aliphatic heterocycles. The number of rotatable bonds is 3. The van der Waals surface area contributed by atoms with E-state index in [1.165, 1.54) is 13.2 Å². The Hall–Kier alpha value is -2.91. The largest absolute Gasteiger partial charge is 0.508 e. The van der Waals surface area contributed by atoms with E-state index in [4.69, 9.17) is 19.9 Å². The van der Waals surface area contributed by atoms with Crippen LogP contribution in [0.4, 0.5) is 14.9 Å². The Morgan fingerprint density at radius 3 is 2.37 bits per heavy atom. The molecule has 3 unspecified atom stereocenters. The molecule has 8 nitrogen and oxygen atoms in total. The number of nitrogens with one attached hydrogen (secondary N) is 1. The fourth-order valence-corrected chi connectivity index (χ4v) is 4.48. The molecule has 1 aromatic carbocycles. The van der Waals surface area contributed by atoms with Crippen LogP contribution in [0, 0.1) is 11.7 Å². The molecule has 0 saturated heterocycles. The summed E-state index contributed by atoms with van der Waals surface area (Å²) >= 11 is 0. The van der Waals surface area contributed by atoms with Crippen LogP contribution in [0.15, 0.2) is 35.4 Å². The van der Waals surface area contributed by atoms with Gasteiger partial charge in [0.25, 0.3) is 5.91 Å².